The minimum atomic E-state index is -0.352. The molecule has 1 aromatic carbocycles. The van der Waals surface area contributed by atoms with Gasteiger partial charge < -0.3 is 10.2 Å². The smallest absolute Gasteiger partial charge is 0.229 e. The first-order chi connectivity index (χ1) is 11.5. The van der Waals surface area contributed by atoms with Crippen LogP contribution in [0, 0.1) is 25.6 Å². The number of benzene rings is 1. The number of halogens is 1. The molecule has 0 spiro atoms. The highest BCUT2D eigenvalue weighted by molar-refractivity contribution is 5.93. The van der Waals surface area contributed by atoms with Crippen LogP contribution in [0.4, 0.5) is 16.0 Å². The topological polar surface area (TPSA) is 58.1 Å². The van der Waals surface area contributed by atoms with E-state index < -0.39 is 0 Å². The zero-order valence-electron chi connectivity index (χ0n) is 13.9. The maximum Gasteiger partial charge on any atom is 0.229 e. The summed E-state index contributed by atoms with van der Waals surface area (Å²) in [5.41, 5.74) is 2.28. The molecule has 0 aliphatic carbocycles. The van der Waals surface area contributed by atoms with Crippen molar-refractivity contribution in [3.05, 3.63) is 47.5 Å². The number of hydrogen-bond donors (Lipinski definition) is 1. The molecule has 6 heteroatoms. The van der Waals surface area contributed by atoms with Crippen molar-refractivity contribution in [2.24, 2.45) is 5.92 Å². The molecular weight excluding hydrogens is 307 g/mol. The minimum Gasteiger partial charge on any atom is -0.340 e. The molecule has 1 aliphatic rings. The van der Waals surface area contributed by atoms with Gasteiger partial charge in [-0.2, -0.15) is 0 Å². The van der Waals surface area contributed by atoms with Gasteiger partial charge in [-0.25, -0.2) is 14.4 Å². The molecule has 1 aromatic heterocycles. The SMILES string of the molecule is Cc1ccnc(N2CCC[C@H](C(=O)Nc3cc(F)ccc3C)C2)n1. The van der Waals surface area contributed by atoms with Gasteiger partial charge >= 0.3 is 0 Å². The second-order valence-corrected chi connectivity index (χ2v) is 6.23. The first-order valence-corrected chi connectivity index (χ1v) is 8.14. The number of nitrogens with one attached hydrogen (secondary N) is 1. The van der Waals surface area contributed by atoms with Crippen LogP contribution >= 0.6 is 0 Å². The van der Waals surface area contributed by atoms with Crippen molar-refractivity contribution < 1.29 is 9.18 Å². The van der Waals surface area contributed by atoms with Gasteiger partial charge in [-0.1, -0.05) is 6.07 Å². The second kappa shape index (κ2) is 6.95. The van der Waals surface area contributed by atoms with Gasteiger partial charge in [-0.15, -0.1) is 0 Å². The molecule has 0 saturated carbocycles. The molecule has 2 aromatic rings. The minimum absolute atomic E-state index is 0.0824. The van der Waals surface area contributed by atoms with E-state index in [2.05, 4.69) is 15.3 Å². The second-order valence-electron chi connectivity index (χ2n) is 6.23. The number of amides is 1. The zero-order chi connectivity index (χ0) is 17.1. The van der Waals surface area contributed by atoms with Crippen LogP contribution in [0.1, 0.15) is 24.1 Å². The molecule has 1 fully saturated rings. The van der Waals surface area contributed by atoms with Crippen molar-refractivity contribution in [3.8, 4) is 0 Å². The number of rotatable bonds is 3. The molecule has 126 valence electrons. The summed E-state index contributed by atoms with van der Waals surface area (Å²) in [4.78, 5) is 23.3. The Morgan fingerprint density at radius 3 is 2.96 bits per heavy atom. The number of nitrogens with zero attached hydrogens (tertiary/aromatic N) is 3. The fraction of sp³-hybridized carbons (Fsp3) is 0.389. The van der Waals surface area contributed by atoms with Gasteiger partial charge in [0, 0.05) is 30.7 Å². The van der Waals surface area contributed by atoms with Crippen LogP contribution in [-0.2, 0) is 4.79 Å². The summed E-state index contributed by atoms with van der Waals surface area (Å²) < 4.78 is 13.4. The fourth-order valence-electron chi connectivity index (χ4n) is 2.92. The van der Waals surface area contributed by atoms with Crippen molar-refractivity contribution in [1.29, 1.82) is 0 Å². The average Bonchev–Trinajstić information content (AvgIpc) is 2.58. The van der Waals surface area contributed by atoms with E-state index in [1.54, 1.807) is 12.3 Å². The van der Waals surface area contributed by atoms with Gasteiger partial charge in [-0.05, 0) is 50.5 Å². The molecule has 1 aliphatic heterocycles. The Bertz CT molecular complexity index is 750. The average molecular weight is 328 g/mol. The highest BCUT2D eigenvalue weighted by Gasteiger charge is 2.27. The number of carbonyl (C=O) groups is 1. The molecule has 2 heterocycles. The van der Waals surface area contributed by atoms with Crippen LogP contribution in [0.25, 0.3) is 0 Å². The van der Waals surface area contributed by atoms with E-state index >= 15 is 0 Å². The van der Waals surface area contributed by atoms with Crippen LogP contribution in [0.3, 0.4) is 0 Å². The molecular formula is C18H21FN4O. The lowest BCUT2D eigenvalue weighted by Gasteiger charge is -2.32. The Kier molecular flexibility index (Phi) is 4.74. The van der Waals surface area contributed by atoms with E-state index in [0.29, 0.717) is 18.2 Å². The van der Waals surface area contributed by atoms with Crippen molar-refractivity contribution >= 4 is 17.5 Å². The number of hydrogen-bond acceptors (Lipinski definition) is 4. The Hall–Kier alpha value is -2.50. The molecule has 5 nitrogen and oxygen atoms in total. The summed E-state index contributed by atoms with van der Waals surface area (Å²) in [5, 5.41) is 2.86. The van der Waals surface area contributed by atoms with Gasteiger partial charge in [0.2, 0.25) is 11.9 Å². The summed E-state index contributed by atoms with van der Waals surface area (Å²) in [6, 6.07) is 6.27. The predicted octanol–water partition coefficient (Wildman–Crippen LogP) is 3.09. The van der Waals surface area contributed by atoms with E-state index in [4.69, 9.17) is 0 Å². The number of piperidine rings is 1. The van der Waals surface area contributed by atoms with Crippen molar-refractivity contribution in [1.82, 2.24) is 9.97 Å². The summed E-state index contributed by atoms with van der Waals surface area (Å²) in [7, 11) is 0. The van der Waals surface area contributed by atoms with Gasteiger partial charge in [0.1, 0.15) is 5.82 Å². The Labute approximate surface area is 140 Å². The third kappa shape index (κ3) is 3.69. The molecule has 1 atom stereocenters. The summed E-state index contributed by atoms with van der Waals surface area (Å²) in [6.45, 7) is 5.19. The van der Waals surface area contributed by atoms with Crippen molar-refractivity contribution in [2.45, 2.75) is 26.7 Å². The number of anilines is 2. The van der Waals surface area contributed by atoms with E-state index in [9.17, 15) is 9.18 Å². The van der Waals surface area contributed by atoms with Gasteiger partial charge in [0.15, 0.2) is 0 Å². The largest absolute Gasteiger partial charge is 0.340 e. The summed E-state index contributed by atoms with van der Waals surface area (Å²) in [6.07, 6.45) is 3.44. The number of carbonyl (C=O) groups excluding carboxylic acids is 1. The van der Waals surface area contributed by atoms with Crippen molar-refractivity contribution in [2.75, 3.05) is 23.3 Å². The number of aromatic nitrogens is 2. The molecule has 3 rings (SSSR count). The van der Waals surface area contributed by atoms with E-state index in [1.165, 1.54) is 12.1 Å². The molecule has 0 bridgehead atoms. The lowest BCUT2D eigenvalue weighted by molar-refractivity contribution is -0.120. The van der Waals surface area contributed by atoms with E-state index in [1.807, 2.05) is 24.8 Å². The highest BCUT2D eigenvalue weighted by atomic mass is 19.1. The maximum absolute atomic E-state index is 13.4. The molecule has 0 unspecified atom stereocenters. The first-order valence-electron chi connectivity index (χ1n) is 8.14. The molecule has 1 saturated heterocycles. The highest BCUT2D eigenvalue weighted by Crippen LogP contribution is 2.23. The monoisotopic (exact) mass is 328 g/mol. The van der Waals surface area contributed by atoms with Crippen LogP contribution in [-0.4, -0.2) is 29.0 Å². The number of aryl methyl sites for hydroxylation is 2. The Morgan fingerprint density at radius 1 is 1.33 bits per heavy atom. The van der Waals surface area contributed by atoms with Crippen molar-refractivity contribution in [3.63, 3.8) is 0 Å². The lowest BCUT2D eigenvalue weighted by atomic mass is 9.97. The maximum atomic E-state index is 13.4. The van der Waals surface area contributed by atoms with Crippen LogP contribution in [0.15, 0.2) is 30.5 Å². The third-order valence-corrected chi connectivity index (χ3v) is 4.31. The quantitative estimate of drug-likeness (QED) is 0.941. The van der Waals surface area contributed by atoms with Crippen LogP contribution in [0.5, 0.6) is 0 Å². The molecule has 1 amide bonds. The van der Waals surface area contributed by atoms with Gasteiger partial charge in [-0.3, -0.25) is 4.79 Å². The van der Waals surface area contributed by atoms with E-state index in [0.717, 1.165) is 30.6 Å². The molecule has 0 radical (unpaired) electrons. The summed E-state index contributed by atoms with van der Waals surface area (Å²) >= 11 is 0. The lowest BCUT2D eigenvalue weighted by Crippen LogP contribution is -2.41. The molecule has 24 heavy (non-hydrogen) atoms. The van der Waals surface area contributed by atoms with E-state index in [-0.39, 0.29) is 17.6 Å². The zero-order valence-corrected chi connectivity index (χ0v) is 13.9. The van der Waals surface area contributed by atoms with Crippen LogP contribution in [0.2, 0.25) is 0 Å². The van der Waals surface area contributed by atoms with Gasteiger partial charge in [0.05, 0.1) is 5.92 Å². The Morgan fingerprint density at radius 2 is 2.17 bits per heavy atom. The summed E-state index contributed by atoms with van der Waals surface area (Å²) in [5.74, 6) is 0.0651. The standard InChI is InChI=1S/C18H21FN4O/c1-12-5-6-15(19)10-16(12)22-17(24)14-4-3-9-23(11-14)18-20-8-7-13(2)21-18/h5-8,10,14H,3-4,9,11H2,1-2H3,(H,22,24)/t14-/m0/s1. The fourth-order valence-corrected chi connectivity index (χ4v) is 2.92. The molecule has 1 N–H and O–H groups in total. The van der Waals surface area contributed by atoms with Crippen LogP contribution < -0.4 is 10.2 Å². The Balaban J connectivity index is 1.70. The normalized spacial score (nSPS) is 17.6. The van der Waals surface area contributed by atoms with Gasteiger partial charge in [0.25, 0.3) is 0 Å². The predicted molar refractivity (Wildman–Crippen MR) is 91.5 cm³/mol. The third-order valence-electron chi connectivity index (χ3n) is 4.31. The first kappa shape index (κ1) is 16.4.